The van der Waals surface area contributed by atoms with Gasteiger partial charge >= 0.3 is 5.97 Å². The van der Waals surface area contributed by atoms with Crippen LogP contribution in [0.15, 0.2) is 28.7 Å². The summed E-state index contributed by atoms with van der Waals surface area (Å²) >= 11 is 1.32. The number of carboxylic acids is 1. The standard InChI is InChI=1S/C12H12N4O3S/c1-19-9-3-2-7(11(17)18)4-8(9)5-14-16-12-15-10(13)6-20-12/h2-6H,13H2,1H3,(H,15,16)(H,17,18). The molecule has 7 nitrogen and oxygen atoms in total. The van der Waals surface area contributed by atoms with Crippen LogP contribution in [0.1, 0.15) is 15.9 Å². The summed E-state index contributed by atoms with van der Waals surface area (Å²) in [7, 11) is 1.50. The average Bonchev–Trinajstić information content (AvgIpc) is 2.84. The second kappa shape index (κ2) is 6.02. The lowest BCUT2D eigenvalue weighted by Gasteiger charge is -2.05. The zero-order chi connectivity index (χ0) is 14.5. The minimum atomic E-state index is -1.01. The predicted molar refractivity (Wildman–Crippen MR) is 77.7 cm³/mol. The number of carbonyl (C=O) groups is 1. The van der Waals surface area contributed by atoms with E-state index in [1.807, 2.05) is 0 Å². The number of thiazole rings is 1. The Morgan fingerprint density at radius 1 is 1.60 bits per heavy atom. The van der Waals surface area contributed by atoms with Gasteiger partial charge in [0.1, 0.15) is 11.6 Å². The van der Waals surface area contributed by atoms with E-state index in [0.29, 0.717) is 22.3 Å². The summed E-state index contributed by atoms with van der Waals surface area (Å²) in [6.07, 6.45) is 1.46. The van der Waals surface area contributed by atoms with Crippen molar-refractivity contribution in [3.8, 4) is 5.75 Å². The number of aromatic carboxylic acids is 1. The van der Waals surface area contributed by atoms with Crippen molar-refractivity contribution in [3.05, 3.63) is 34.7 Å². The van der Waals surface area contributed by atoms with Crippen LogP contribution in [0.25, 0.3) is 0 Å². The largest absolute Gasteiger partial charge is 0.496 e. The highest BCUT2D eigenvalue weighted by Gasteiger charge is 2.07. The van der Waals surface area contributed by atoms with Gasteiger partial charge in [0.05, 0.1) is 18.9 Å². The van der Waals surface area contributed by atoms with Gasteiger partial charge in [-0.15, -0.1) is 11.3 Å². The minimum absolute atomic E-state index is 0.158. The molecule has 0 saturated carbocycles. The summed E-state index contributed by atoms with van der Waals surface area (Å²) in [6, 6.07) is 4.52. The second-order valence-corrected chi connectivity index (χ2v) is 4.57. The smallest absolute Gasteiger partial charge is 0.335 e. The number of hydrogen-bond donors (Lipinski definition) is 3. The molecule has 0 aliphatic heterocycles. The fourth-order valence-electron chi connectivity index (χ4n) is 1.46. The highest BCUT2D eigenvalue weighted by Crippen LogP contribution is 2.19. The number of nitrogen functional groups attached to an aromatic ring is 1. The summed E-state index contributed by atoms with van der Waals surface area (Å²) in [5.41, 5.74) is 8.89. The molecule has 0 bridgehead atoms. The number of benzene rings is 1. The van der Waals surface area contributed by atoms with Crippen LogP contribution < -0.4 is 15.9 Å². The van der Waals surface area contributed by atoms with E-state index in [-0.39, 0.29) is 5.56 Å². The van der Waals surface area contributed by atoms with Crippen LogP contribution in [0.5, 0.6) is 5.75 Å². The summed E-state index contributed by atoms with van der Waals surface area (Å²) in [4.78, 5) is 14.9. The number of methoxy groups -OCH3 is 1. The molecule has 0 unspecified atom stereocenters. The molecule has 1 aromatic heterocycles. The van der Waals surface area contributed by atoms with E-state index in [2.05, 4.69) is 15.5 Å². The third-order valence-corrected chi connectivity index (χ3v) is 3.13. The Morgan fingerprint density at radius 2 is 2.40 bits per heavy atom. The minimum Gasteiger partial charge on any atom is -0.496 e. The number of carboxylic acid groups (broad SMARTS) is 1. The van der Waals surface area contributed by atoms with Crippen molar-refractivity contribution in [3.63, 3.8) is 0 Å². The van der Waals surface area contributed by atoms with Crippen LogP contribution in [-0.2, 0) is 0 Å². The number of nitrogens with zero attached hydrogens (tertiary/aromatic N) is 2. The molecule has 0 fully saturated rings. The van der Waals surface area contributed by atoms with Crippen LogP contribution in [0, 0.1) is 0 Å². The van der Waals surface area contributed by atoms with E-state index >= 15 is 0 Å². The zero-order valence-corrected chi connectivity index (χ0v) is 11.3. The van der Waals surface area contributed by atoms with Gasteiger partial charge in [0.25, 0.3) is 0 Å². The molecule has 0 aliphatic rings. The van der Waals surface area contributed by atoms with Crippen LogP contribution in [0.2, 0.25) is 0 Å². The van der Waals surface area contributed by atoms with Gasteiger partial charge in [-0.2, -0.15) is 5.10 Å². The van der Waals surface area contributed by atoms with Crippen molar-refractivity contribution in [1.82, 2.24) is 4.98 Å². The molecule has 0 saturated heterocycles. The van der Waals surface area contributed by atoms with Gasteiger partial charge < -0.3 is 15.6 Å². The molecule has 2 aromatic rings. The van der Waals surface area contributed by atoms with Crippen molar-refractivity contribution in [2.75, 3.05) is 18.3 Å². The summed E-state index contributed by atoms with van der Waals surface area (Å²) in [6.45, 7) is 0. The Labute approximate surface area is 118 Å². The summed E-state index contributed by atoms with van der Waals surface area (Å²) in [5, 5.41) is 15.2. The van der Waals surface area contributed by atoms with Crippen LogP contribution >= 0.6 is 11.3 Å². The van der Waals surface area contributed by atoms with Crippen LogP contribution in [0.4, 0.5) is 10.9 Å². The van der Waals surface area contributed by atoms with E-state index in [4.69, 9.17) is 15.6 Å². The quantitative estimate of drug-likeness (QED) is 0.573. The number of nitrogens with one attached hydrogen (secondary N) is 1. The first-order valence-electron chi connectivity index (χ1n) is 5.51. The van der Waals surface area contributed by atoms with Crippen LogP contribution in [0.3, 0.4) is 0 Å². The van der Waals surface area contributed by atoms with E-state index in [0.717, 1.165) is 0 Å². The second-order valence-electron chi connectivity index (χ2n) is 3.71. The topological polar surface area (TPSA) is 110 Å². The van der Waals surface area contributed by atoms with Gasteiger partial charge in [-0.05, 0) is 18.2 Å². The summed E-state index contributed by atoms with van der Waals surface area (Å²) in [5.74, 6) is -0.0692. The van der Waals surface area contributed by atoms with Gasteiger partial charge in [-0.25, -0.2) is 9.78 Å². The molecular weight excluding hydrogens is 280 g/mol. The number of aromatic nitrogens is 1. The van der Waals surface area contributed by atoms with E-state index < -0.39 is 5.97 Å². The summed E-state index contributed by atoms with van der Waals surface area (Å²) < 4.78 is 5.14. The highest BCUT2D eigenvalue weighted by atomic mass is 32.1. The van der Waals surface area contributed by atoms with Gasteiger partial charge in [0.2, 0.25) is 5.13 Å². The number of rotatable bonds is 5. The highest BCUT2D eigenvalue weighted by molar-refractivity contribution is 7.14. The van der Waals surface area contributed by atoms with Crippen LogP contribution in [-0.4, -0.2) is 29.4 Å². The van der Waals surface area contributed by atoms with Crippen molar-refractivity contribution < 1.29 is 14.6 Å². The maximum Gasteiger partial charge on any atom is 0.335 e. The third kappa shape index (κ3) is 3.23. The Hall–Kier alpha value is -2.61. The average molecular weight is 292 g/mol. The number of nitrogens with two attached hydrogens (primary N) is 1. The first kappa shape index (κ1) is 13.8. The molecule has 1 aromatic carbocycles. The monoisotopic (exact) mass is 292 g/mol. The van der Waals surface area contributed by atoms with E-state index in [1.165, 1.54) is 36.8 Å². The molecule has 0 atom stereocenters. The normalized spacial score (nSPS) is 10.7. The van der Waals surface area contributed by atoms with Crippen molar-refractivity contribution in [1.29, 1.82) is 0 Å². The number of anilines is 2. The molecule has 1 heterocycles. The van der Waals surface area contributed by atoms with E-state index in [1.54, 1.807) is 11.4 Å². The van der Waals surface area contributed by atoms with Gasteiger partial charge in [-0.3, -0.25) is 5.43 Å². The molecule has 20 heavy (non-hydrogen) atoms. The van der Waals surface area contributed by atoms with Crippen molar-refractivity contribution in [2.24, 2.45) is 5.10 Å². The maximum absolute atomic E-state index is 10.9. The Balaban J connectivity index is 2.18. The Kier molecular flexibility index (Phi) is 4.16. The predicted octanol–water partition coefficient (Wildman–Crippen LogP) is 1.88. The molecule has 2 rings (SSSR count). The van der Waals surface area contributed by atoms with Gasteiger partial charge in [0, 0.05) is 10.9 Å². The molecule has 8 heteroatoms. The first-order valence-corrected chi connectivity index (χ1v) is 6.39. The lowest BCUT2D eigenvalue weighted by molar-refractivity contribution is 0.0697. The number of ether oxygens (including phenoxy) is 1. The third-order valence-electron chi connectivity index (χ3n) is 2.36. The Morgan fingerprint density at radius 3 is 3.00 bits per heavy atom. The maximum atomic E-state index is 10.9. The SMILES string of the molecule is COc1ccc(C(=O)O)cc1C=NNc1nc(N)cs1. The molecule has 104 valence electrons. The number of hydrazone groups is 1. The van der Waals surface area contributed by atoms with Gasteiger partial charge in [0.15, 0.2) is 0 Å². The molecule has 0 spiro atoms. The first-order chi connectivity index (χ1) is 9.60. The molecule has 4 N–H and O–H groups in total. The zero-order valence-electron chi connectivity index (χ0n) is 10.5. The Bertz CT molecular complexity index is 654. The molecule has 0 aliphatic carbocycles. The molecular formula is C12H12N4O3S. The lowest BCUT2D eigenvalue weighted by Crippen LogP contribution is -2.00. The number of hydrogen-bond acceptors (Lipinski definition) is 7. The van der Waals surface area contributed by atoms with Gasteiger partial charge in [-0.1, -0.05) is 0 Å². The fraction of sp³-hybridized carbons (Fsp3) is 0.0833. The molecule has 0 radical (unpaired) electrons. The fourth-order valence-corrected chi connectivity index (χ4v) is 2.01. The van der Waals surface area contributed by atoms with E-state index in [9.17, 15) is 4.79 Å². The lowest BCUT2D eigenvalue weighted by atomic mass is 10.1. The van der Waals surface area contributed by atoms with Crippen molar-refractivity contribution >= 4 is 34.5 Å². The molecule has 0 amide bonds. The van der Waals surface area contributed by atoms with Crippen molar-refractivity contribution in [2.45, 2.75) is 0 Å².